The molecule has 2 aromatic rings. The van der Waals surface area contributed by atoms with Crippen molar-refractivity contribution in [2.24, 2.45) is 0 Å². The maximum atomic E-state index is 12.9. The summed E-state index contributed by atoms with van der Waals surface area (Å²) in [6.45, 7) is 9.41. The van der Waals surface area contributed by atoms with Crippen LogP contribution >= 0.6 is 11.3 Å². The molecule has 2 N–H and O–H groups in total. The molecule has 0 fully saturated rings. The molecule has 0 saturated carbocycles. The lowest BCUT2D eigenvalue weighted by Crippen LogP contribution is -2.15. The zero-order chi connectivity index (χ0) is 20.8. The van der Waals surface area contributed by atoms with Crippen LogP contribution in [0.15, 0.2) is 18.2 Å². The molecule has 2 rings (SSSR count). The average Bonchev–Trinajstić information content (AvgIpc) is 2.94. The van der Waals surface area contributed by atoms with Crippen molar-refractivity contribution in [1.82, 2.24) is 0 Å². The highest BCUT2D eigenvalue weighted by Crippen LogP contribution is 2.34. The van der Waals surface area contributed by atoms with Crippen LogP contribution in [-0.4, -0.2) is 24.4 Å². The molecule has 0 saturated heterocycles. The third-order valence-corrected chi connectivity index (χ3v) is 5.40. The molecule has 0 unspecified atom stereocenters. The zero-order valence-corrected chi connectivity index (χ0v) is 17.7. The van der Waals surface area contributed by atoms with Gasteiger partial charge in [-0.25, -0.2) is 4.79 Å². The van der Waals surface area contributed by atoms with Crippen molar-refractivity contribution in [2.45, 2.75) is 47.5 Å². The first kappa shape index (κ1) is 21.6. The molecule has 1 aromatic heterocycles. The smallest absolute Gasteiger partial charge is 0.341 e. The largest absolute Gasteiger partial charge is 0.462 e. The lowest BCUT2D eigenvalue weighted by molar-refractivity contribution is -0.116. The molecule has 28 heavy (non-hydrogen) atoms. The molecule has 1 heterocycles. The molecule has 2 amide bonds. The van der Waals surface area contributed by atoms with Gasteiger partial charge in [0.25, 0.3) is 5.91 Å². The van der Waals surface area contributed by atoms with Gasteiger partial charge in [0.05, 0.1) is 17.0 Å². The van der Waals surface area contributed by atoms with E-state index in [2.05, 4.69) is 10.6 Å². The Balaban J connectivity index is 2.38. The summed E-state index contributed by atoms with van der Waals surface area (Å²) in [6.07, 6.45) is 1.02. The molecule has 0 spiro atoms. The highest BCUT2D eigenvalue weighted by Gasteiger charge is 2.26. The Labute approximate surface area is 169 Å². The molecule has 0 atom stereocenters. The molecule has 0 radical (unpaired) electrons. The lowest BCUT2D eigenvalue weighted by Gasteiger charge is -2.09. The number of esters is 1. The molecular weight excluding hydrogens is 376 g/mol. The van der Waals surface area contributed by atoms with Crippen LogP contribution in [-0.2, 0) is 9.53 Å². The number of aryl methyl sites for hydroxylation is 2. The number of rotatable bonds is 7. The number of ether oxygens (including phenoxy) is 1. The maximum Gasteiger partial charge on any atom is 0.341 e. The fraction of sp³-hybridized carbons (Fsp3) is 0.381. The average molecular weight is 403 g/mol. The standard InChI is InChI=1S/C21H26N2O4S/c1-6-8-16(24)23-20-17(21(26)27-7-2)14(5)18(28-20)19(25)22-15-10-9-12(3)11-13(15)4/h9-11H,6-8H2,1-5H3,(H,22,25)(H,23,24). The highest BCUT2D eigenvalue weighted by atomic mass is 32.1. The first-order chi connectivity index (χ1) is 13.3. The van der Waals surface area contributed by atoms with Gasteiger partial charge in [0.1, 0.15) is 5.00 Å². The Morgan fingerprint density at radius 2 is 1.79 bits per heavy atom. The molecule has 0 aliphatic rings. The van der Waals surface area contributed by atoms with E-state index in [0.29, 0.717) is 34.0 Å². The van der Waals surface area contributed by atoms with E-state index in [9.17, 15) is 14.4 Å². The zero-order valence-electron chi connectivity index (χ0n) is 16.9. The second-order valence-electron chi connectivity index (χ2n) is 6.55. The number of nitrogens with one attached hydrogen (secondary N) is 2. The number of carbonyl (C=O) groups is 3. The Bertz CT molecular complexity index is 902. The SMILES string of the molecule is CCCC(=O)Nc1sc(C(=O)Nc2ccc(C)cc2C)c(C)c1C(=O)OCC. The fourth-order valence-corrected chi connectivity index (χ4v) is 3.92. The van der Waals surface area contributed by atoms with Crippen LogP contribution in [0.5, 0.6) is 0 Å². The quantitative estimate of drug-likeness (QED) is 0.649. The molecule has 150 valence electrons. The number of amides is 2. The van der Waals surface area contributed by atoms with Crippen molar-refractivity contribution in [3.05, 3.63) is 45.3 Å². The van der Waals surface area contributed by atoms with Crippen LogP contribution in [0.3, 0.4) is 0 Å². The number of carbonyl (C=O) groups excluding carboxylic acids is 3. The van der Waals surface area contributed by atoms with Gasteiger partial charge in [-0.1, -0.05) is 24.6 Å². The summed E-state index contributed by atoms with van der Waals surface area (Å²) in [5, 5.41) is 5.99. The van der Waals surface area contributed by atoms with Crippen molar-refractivity contribution < 1.29 is 19.1 Å². The number of hydrogen-bond donors (Lipinski definition) is 2. The van der Waals surface area contributed by atoms with Gasteiger partial charge in [0.2, 0.25) is 5.91 Å². The summed E-state index contributed by atoms with van der Waals surface area (Å²) in [5.74, 6) is -1.07. The molecule has 0 bridgehead atoms. The summed E-state index contributed by atoms with van der Waals surface area (Å²) in [7, 11) is 0. The van der Waals surface area contributed by atoms with Gasteiger partial charge in [0, 0.05) is 12.1 Å². The van der Waals surface area contributed by atoms with E-state index < -0.39 is 5.97 Å². The number of anilines is 2. The normalized spacial score (nSPS) is 10.5. The third kappa shape index (κ3) is 4.98. The van der Waals surface area contributed by atoms with Gasteiger partial charge in [-0.15, -0.1) is 11.3 Å². The minimum Gasteiger partial charge on any atom is -0.462 e. The van der Waals surface area contributed by atoms with E-state index >= 15 is 0 Å². The Morgan fingerprint density at radius 1 is 1.07 bits per heavy atom. The fourth-order valence-electron chi connectivity index (χ4n) is 2.82. The van der Waals surface area contributed by atoms with Crippen molar-refractivity contribution in [3.63, 3.8) is 0 Å². The van der Waals surface area contributed by atoms with E-state index in [1.807, 2.05) is 39.0 Å². The monoisotopic (exact) mass is 402 g/mol. The summed E-state index contributed by atoms with van der Waals surface area (Å²) in [5.41, 5.74) is 3.50. The molecule has 0 aliphatic carbocycles. The van der Waals surface area contributed by atoms with E-state index in [0.717, 1.165) is 22.5 Å². The number of benzene rings is 1. The van der Waals surface area contributed by atoms with E-state index in [1.54, 1.807) is 13.8 Å². The minimum absolute atomic E-state index is 0.198. The Kier molecular flexibility index (Phi) is 7.34. The molecule has 6 nitrogen and oxygen atoms in total. The van der Waals surface area contributed by atoms with Crippen molar-refractivity contribution in [2.75, 3.05) is 17.2 Å². The van der Waals surface area contributed by atoms with Crippen LogP contribution in [0.1, 0.15) is 63.4 Å². The Morgan fingerprint density at radius 3 is 2.39 bits per heavy atom. The second-order valence-corrected chi connectivity index (χ2v) is 7.57. The second kappa shape index (κ2) is 9.50. The number of thiophene rings is 1. The van der Waals surface area contributed by atoms with Gasteiger partial charge in [-0.3, -0.25) is 9.59 Å². The third-order valence-electron chi connectivity index (χ3n) is 4.19. The van der Waals surface area contributed by atoms with Crippen LogP contribution in [0.4, 0.5) is 10.7 Å². The van der Waals surface area contributed by atoms with E-state index in [1.165, 1.54) is 0 Å². The number of hydrogen-bond acceptors (Lipinski definition) is 5. The van der Waals surface area contributed by atoms with Crippen LogP contribution in [0, 0.1) is 20.8 Å². The first-order valence-electron chi connectivity index (χ1n) is 9.27. The van der Waals surface area contributed by atoms with Crippen LogP contribution in [0.2, 0.25) is 0 Å². The summed E-state index contributed by atoms with van der Waals surface area (Å²) >= 11 is 1.09. The topological polar surface area (TPSA) is 84.5 Å². The maximum absolute atomic E-state index is 12.9. The van der Waals surface area contributed by atoms with Crippen molar-refractivity contribution >= 4 is 39.8 Å². The van der Waals surface area contributed by atoms with Gasteiger partial charge in [-0.2, -0.15) is 0 Å². The van der Waals surface area contributed by atoms with Gasteiger partial charge < -0.3 is 15.4 Å². The van der Waals surface area contributed by atoms with Crippen molar-refractivity contribution in [3.8, 4) is 0 Å². The van der Waals surface area contributed by atoms with E-state index in [4.69, 9.17) is 4.74 Å². The van der Waals surface area contributed by atoms with E-state index in [-0.39, 0.29) is 24.0 Å². The molecule has 1 aromatic carbocycles. The summed E-state index contributed by atoms with van der Waals surface area (Å²) in [4.78, 5) is 37.7. The van der Waals surface area contributed by atoms with Gasteiger partial charge >= 0.3 is 5.97 Å². The van der Waals surface area contributed by atoms with Crippen LogP contribution in [0.25, 0.3) is 0 Å². The summed E-state index contributed by atoms with van der Waals surface area (Å²) < 4.78 is 5.12. The summed E-state index contributed by atoms with van der Waals surface area (Å²) in [6, 6.07) is 5.75. The Hall–Kier alpha value is -2.67. The predicted octanol–water partition coefficient (Wildman–Crippen LogP) is 4.84. The predicted molar refractivity (Wildman–Crippen MR) is 112 cm³/mol. The minimum atomic E-state index is -0.548. The van der Waals surface area contributed by atoms with Crippen LogP contribution < -0.4 is 10.6 Å². The molecule has 0 aliphatic heterocycles. The molecular formula is C21H26N2O4S. The highest BCUT2D eigenvalue weighted by molar-refractivity contribution is 7.18. The molecule has 7 heteroatoms. The van der Waals surface area contributed by atoms with Gasteiger partial charge in [0.15, 0.2) is 0 Å². The lowest BCUT2D eigenvalue weighted by atomic mass is 10.1. The van der Waals surface area contributed by atoms with Crippen molar-refractivity contribution in [1.29, 1.82) is 0 Å². The first-order valence-corrected chi connectivity index (χ1v) is 10.1. The van der Waals surface area contributed by atoms with Gasteiger partial charge in [-0.05, 0) is 51.3 Å².